The average Bonchev–Trinajstić information content (AvgIpc) is 3.03. The van der Waals surface area contributed by atoms with Crippen molar-refractivity contribution in [2.75, 3.05) is 0 Å². The van der Waals surface area contributed by atoms with Gasteiger partial charge in [0.05, 0.1) is 22.0 Å². The number of hydrogen-bond acceptors (Lipinski definition) is 5. The summed E-state index contributed by atoms with van der Waals surface area (Å²) in [6.07, 6.45) is 2.54. The largest absolute Gasteiger partial charge is 0.272 e. The Morgan fingerprint density at radius 1 is 1.27 bits per heavy atom. The lowest BCUT2D eigenvalue weighted by atomic mass is 10.2. The quantitative estimate of drug-likeness (QED) is 0.500. The first-order chi connectivity index (χ1) is 12.6. The van der Waals surface area contributed by atoms with Crippen LogP contribution >= 0.6 is 23.5 Å². The molecule has 0 spiro atoms. The highest BCUT2D eigenvalue weighted by Crippen LogP contribution is 2.35. The molecule has 0 bridgehead atoms. The number of hydrogen-bond donors (Lipinski definition) is 0. The van der Waals surface area contributed by atoms with Gasteiger partial charge in [-0.3, -0.25) is 14.3 Å². The smallest absolute Gasteiger partial charge is 0.268 e. The highest BCUT2D eigenvalue weighted by atomic mass is 32.2. The molecule has 1 unspecified atom stereocenters. The molecule has 3 aromatic rings. The zero-order valence-electron chi connectivity index (χ0n) is 14.1. The minimum atomic E-state index is -0.332. The van der Waals surface area contributed by atoms with Crippen LogP contribution in [0, 0.1) is 5.82 Å². The van der Waals surface area contributed by atoms with E-state index < -0.39 is 0 Å². The van der Waals surface area contributed by atoms with Crippen molar-refractivity contribution in [1.82, 2.24) is 14.5 Å². The SMILES string of the molecule is CC1Cc2nc(SCc3ccccn3)n(-c3ccc(F)cc3)c(=O)c2S1. The third-order valence-corrected chi connectivity index (χ3v) is 6.23. The third-order valence-electron chi connectivity index (χ3n) is 4.04. The summed E-state index contributed by atoms with van der Waals surface area (Å²) in [5, 5.41) is 0.948. The number of rotatable bonds is 4. The molecule has 0 saturated heterocycles. The fourth-order valence-corrected chi connectivity index (χ4v) is 4.88. The Labute approximate surface area is 158 Å². The van der Waals surface area contributed by atoms with Crippen LogP contribution in [0.25, 0.3) is 5.69 Å². The molecule has 0 N–H and O–H groups in total. The number of pyridine rings is 1. The van der Waals surface area contributed by atoms with Gasteiger partial charge in [0, 0.05) is 23.6 Å². The summed E-state index contributed by atoms with van der Waals surface area (Å²) in [7, 11) is 0. The van der Waals surface area contributed by atoms with Crippen LogP contribution in [0.1, 0.15) is 18.3 Å². The van der Waals surface area contributed by atoms with E-state index >= 15 is 0 Å². The van der Waals surface area contributed by atoms with Gasteiger partial charge in [-0.15, -0.1) is 11.8 Å². The first-order valence-corrected chi connectivity index (χ1v) is 10.1. The van der Waals surface area contributed by atoms with Crippen LogP contribution in [0.5, 0.6) is 0 Å². The van der Waals surface area contributed by atoms with Crippen molar-refractivity contribution in [3.63, 3.8) is 0 Å². The van der Waals surface area contributed by atoms with Gasteiger partial charge in [0.25, 0.3) is 5.56 Å². The van der Waals surface area contributed by atoms with Crippen molar-refractivity contribution in [3.8, 4) is 5.69 Å². The lowest BCUT2D eigenvalue weighted by Gasteiger charge is -2.13. The Kier molecular flexibility index (Phi) is 4.82. The van der Waals surface area contributed by atoms with E-state index in [0.29, 0.717) is 26.7 Å². The van der Waals surface area contributed by atoms with Gasteiger partial charge in [0.2, 0.25) is 0 Å². The third kappa shape index (κ3) is 3.41. The van der Waals surface area contributed by atoms with E-state index in [1.54, 1.807) is 34.7 Å². The normalized spacial score (nSPS) is 15.8. The molecule has 132 valence electrons. The van der Waals surface area contributed by atoms with Crippen molar-refractivity contribution < 1.29 is 4.39 Å². The second kappa shape index (κ2) is 7.25. The second-order valence-corrected chi connectivity index (χ2v) is 8.42. The van der Waals surface area contributed by atoms with Crippen LogP contribution in [0.15, 0.2) is 63.5 Å². The number of thioether (sulfide) groups is 2. The van der Waals surface area contributed by atoms with Gasteiger partial charge in [0.15, 0.2) is 5.16 Å². The summed E-state index contributed by atoms with van der Waals surface area (Å²) >= 11 is 3.03. The predicted octanol–water partition coefficient (Wildman–Crippen LogP) is 4.10. The molecule has 4 rings (SSSR count). The van der Waals surface area contributed by atoms with Crippen LogP contribution in [0.2, 0.25) is 0 Å². The van der Waals surface area contributed by atoms with Gasteiger partial charge in [-0.25, -0.2) is 9.37 Å². The van der Waals surface area contributed by atoms with E-state index in [1.165, 1.54) is 23.9 Å². The van der Waals surface area contributed by atoms with Crippen molar-refractivity contribution in [1.29, 1.82) is 0 Å². The summed E-state index contributed by atoms with van der Waals surface area (Å²) in [5.41, 5.74) is 2.31. The molecule has 2 aromatic heterocycles. The monoisotopic (exact) mass is 385 g/mol. The molecular weight excluding hydrogens is 369 g/mol. The van der Waals surface area contributed by atoms with Gasteiger partial charge in [-0.2, -0.15) is 0 Å². The minimum Gasteiger partial charge on any atom is -0.268 e. The first kappa shape index (κ1) is 17.3. The van der Waals surface area contributed by atoms with Gasteiger partial charge >= 0.3 is 0 Å². The molecule has 7 heteroatoms. The van der Waals surface area contributed by atoms with E-state index in [1.807, 2.05) is 18.2 Å². The number of halogens is 1. The number of aromatic nitrogens is 3. The van der Waals surface area contributed by atoms with Crippen LogP contribution in [0.3, 0.4) is 0 Å². The molecular formula is C19H16FN3OS2. The molecule has 1 aromatic carbocycles. The molecule has 0 amide bonds. The summed E-state index contributed by atoms with van der Waals surface area (Å²) in [5.74, 6) is 0.275. The van der Waals surface area contributed by atoms with Gasteiger partial charge in [-0.05, 0) is 36.4 Å². The van der Waals surface area contributed by atoms with E-state index in [4.69, 9.17) is 4.98 Å². The molecule has 0 aliphatic carbocycles. The lowest BCUT2D eigenvalue weighted by Crippen LogP contribution is -2.23. The van der Waals surface area contributed by atoms with E-state index in [9.17, 15) is 9.18 Å². The summed E-state index contributed by atoms with van der Waals surface area (Å²) in [6, 6.07) is 11.7. The number of nitrogens with zero attached hydrogens (tertiary/aromatic N) is 3. The molecule has 1 aliphatic heterocycles. The van der Waals surface area contributed by atoms with Gasteiger partial charge in [-0.1, -0.05) is 24.8 Å². The summed E-state index contributed by atoms with van der Waals surface area (Å²) in [6.45, 7) is 2.09. The fraction of sp³-hybridized carbons (Fsp3) is 0.211. The fourth-order valence-electron chi connectivity index (χ4n) is 2.84. The van der Waals surface area contributed by atoms with Crippen LogP contribution in [0.4, 0.5) is 4.39 Å². The molecule has 4 nitrogen and oxygen atoms in total. The molecule has 1 aliphatic rings. The Morgan fingerprint density at radius 2 is 2.08 bits per heavy atom. The molecule has 3 heterocycles. The maximum Gasteiger partial charge on any atom is 0.272 e. The first-order valence-electron chi connectivity index (χ1n) is 8.23. The lowest BCUT2D eigenvalue weighted by molar-refractivity contribution is 0.626. The maximum atomic E-state index is 13.3. The highest BCUT2D eigenvalue weighted by molar-refractivity contribution is 8.00. The van der Waals surface area contributed by atoms with E-state index in [2.05, 4.69) is 11.9 Å². The molecule has 0 radical (unpaired) electrons. The van der Waals surface area contributed by atoms with Gasteiger partial charge < -0.3 is 0 Å². The van der Waals surface area contributed by atoms with Crippen LogP contribution in [-0.2, 0) is 12.2 Å². The molecule has 0 saturated carbocycles. The number of benzene rings is 1. The summed E-state index contributed by atoms with van der Waals surface area (Å²) < 4.78 is 14.9. The van der Waals surface area contributed by atoms with Crippen molar-refractivity contribution in [2.45, 2.75) is 34.4 Å². The second-order valence-electron chi connectivity index (χ2n) is 6.03. The Morgan fingerprint density at radius 3 is 2.81 bits per heavy atom. The standard InChI is InChI=1S/C19H16FN3OS2/c1-12-10-16-17(26-12)18(24)23(15-7-5-13(20)6-8-15)19(22-16)25-11-14-4-2-3-9-21-14/h2-9,12H,10-11H2,1H3. The molecule has 1 atom stereocenters. The zero-order chi connectivity index (χ0) is 18.1. The summed E-state index contributed by atoms with van der Waals surface area (Å²) in [4.78, 5) is 22.9. The predicted molar refractivity (Wildman–Crippen MR) is 103 cm³/mol. The molecule has 0 fully saturated rings. The van der Waals surface area contributed by atoms with E-state index in [-0.39, 0.29) is 11.4 Å². The van der Waals surface area contributed by atoms with Crippen molar-refractivity contribution in [3.05, 3.63) is 76.2 Å². The molecule has 26 heavy (non-hydrogen) atoms. The van der Waals surface area contributed by atoms with Crippen molar-refractivity contribution >= 4 is 23.5 Å². The average molecular weight is 385 g/mol. The van der Waals surface area contributed by atoms with Crippen LogP contribution in [-0.4, -0.2) is 19.8 Å². The zero-order valence-corrected chi connectivity index (χ0v) is 15.7. The van der Waals surface area contributed by atoms with Crippen LogP contribution < -0.4 is 5.56 Å². The Hall–Kier alpha value is -2.12. The number of fused-ring (bicyclic) bond motifs is 1. The maximum absolute atomic E-state index is 13.3. The van der Waals surface area contributed by atoms with Gasteiger partial charge in [0.1, 0.15) is 5.82 Å². The van der Waals surface area contributed by atoms with Crippen molar-refractivity contribution in [2.24, 2.45) is 0 Å². The van der Waals surface area contributed by atoms with E-state index in [0.717, 1.165) is 17.8 Å². The highest BCUT2D eigenvalue weighted by Gasteiger charge is 2.26. The topological polar surface area (TPSA) is 47.8 Å². The minimum absolute atomic E-state index is 0.0838. The Balaban J connectivity index is 1.78. The Bertz CT molecular complexity index is 990.